The number of piperidine rings is 1. The molecule has 3 aromatic rings. The summed E-state index contributed by atoms with van der Waals surface area (Å²) in [7, 11) is 1.64. The lowest BCUT2D eigenvalue weighted by Crippen LogP contribution is -2.45. The number of aromatic carboxylic acids is 1. The number of methoxy groups -OCH3 is 1. The van der Waals surface area contributed by atoms with Crippen molar-refractivity contribution < 1.29 is 29.0 Å². The second kappa shape index (κ2) is 11.1. The van der Waals surface area contributed by atoms with Crippen molar-refractivity contribution >= 4 is 28.9 Å². The number of carbonyl (C=O) groups is 3. The molecule has 0 radical (unpaired) electrons. The first-order valence-electron chi connectivity index (χ1n) is 13.1. The third-order valence-corrected chi connectivity index (χ3v) is 7.06. The minimum absolute atomic E-state index is 0.0103. The molecule has 0 aliphatic carbocycles. The van der Waals surface area contributed by atoms with Crippen molar-refractivity contribution in [1.29, 1.82) is 0 Å². The molecule has 0 saturated carbocycles. The number of fused-ring (bicyclic) bond motifs is 1. The molecule has 2 atom stereocenters. The summed E-state index contributed by atoms with van der Waals surface area (Å²) >= 11 is 0. The van der Waals surface area contributed by atoms with Crippen molar-refractivity contribution in [2.75, 3.05) is 13.7 Å². The van der Waals surface area contributed by atoms with Gasteiger partial charge in [-0.25, -0.2) is 9.59 Å². The molecule has 2 heterocycles. The normalized spacial score (nSPS) is 18.1. The molecule has 208 valence electrons. The molecule has 1 saturated heterocycles. The molecule has 1 amide bonds. The van der Waals surface area contributed by atoms with Crippen LogP contribution in [0.4, 0.5) is 4.79 Å². The first-order chi connectivity index (χ1) is 18.4. The highest BCUT2D eigenvalue weighted by Crippen LogP contribution is 2.38. The maximum Gasteiger partial charge on any atom is 0.419 e. The Morgan fingerprint density at radius 3 is 2.41 bits per heavy atom. The van der Waals surface area contributed by atoms with Gasteiger partial charge < -0.3 is 19.9 Å². The Hall–Kier alpha value is -3.85. The first-order valence-corrected chi connectivity index (χ1v) is 13.1. The number of nitrogens with zero attached hydrogens (tertiary/aromatic N) is 2. The number of rotatable bonds is 6. The van der Waals surface area contributed by atoms with Gasteiger partial charge in [0.2, 0.25) is 5.91 Å². The van der Waals surface area contributed by atoms with Crippen LogP contribution in [0.5, 0.6) is 5.75 Å². The number of nitrogens with one attached hydrogen (secondary N) is 1. The quantitative estimate of drug-likeness (QED) is 0.442. The van der Waals surface area contributed by atoms with Gasteiger partial charge in [-0.3, -0.25) is 14.3 Å². The molecule has 0 bridgehead atoms. The highest BCUT2D eigenvalue weighted by Gasteiger charge is 2.32. The predicted octanol–water partition coefficient (Wildman–Crippen LogP) is 5.28. The number of aromatic nitrogens is 1. The number of amides is 1. The standard InChI is InChI=1S/C30H37N3O6/c1-18-15-26(38-6)24(23-12-14-33(27(18)23)29(37)39-30(3,4)5)17-32-13-11-22(31-19(2)34)16-25(32)20-7-9-21(10-8-20)28(35)36/h7-10,12,14-15,22,25H,11,13,16-17H2,1-6H3,(H,31,34)(H,35,36). The van der Waals surface area contributed by atoms with Crippen molar-refractivity contribution in [1.82, 2.24) is 14.8 Å². The monoisotopic (exact) mass is 535 g/mol. The lowest BCUT2D eigenvalue weighted by molar-refractivity contribution is -0.120. The molecule has 1 aromatic heterocycles. The predicted molar refractivity (Wildman–Crippen MR) is 148 cm³/mol. The largest absolute Gasteiger partial charge is 0.496 e. The van der Waals surface area contributed by atoms with E-state index in [0.29, 0.717) is 19.5 Å². The number of carbonyl (C=O) groups excluding carboxylic acids is 2. The van der Waals surface area contributed by atoms with Crippen molar-refractivity contribution in [3.63, 3.8) is 0 Å². The average molecular weight is 536 g/mol. The SMILES string of the molecule is COc1cc(C)c2c(ccn2C(=O)OC(C)(C)C)c1CN1CCC(NC(C)=O)CC1c1ccc(C(=O)O)cc1. The van der Waals surface area contributed by atoms with Crippen LogP contribution >= 0.6 is 0 Å². The zero-order valence-electron chi connectivity index (χ0n) is 23.4. The van der Waals surface area contributed by atoms with Gasteiger partial charge in [0.1, 0.15) is 11.4 Å². The highest BCUT2D eigenvalue weighted by atomic mass is 16.6. The van der Waals surface area contributed by atoms with E-state index in [1.807, 2.05) is 52.0 Å². The molecule has 1 aliphatic heterocycles. The lowest BCUT2D eigenvalue weighted by atomic mass is 9.90. The number of benzene rings is 2. The fourth-order valence-electron chi connectivity index (χ4n) is 5.39. The van der Waals surface area contributed by atoms with Crippen LogP contribution in [0, 0.1) is 6.92 Å². The number of ether oxygens (including phenoxy) is 2. The van der Waals surface area contributed by atoms with E-state index in [1.54, 1.807) is 30.0 Å². The molecular formula is C30H37N3O6. The molecular weight excluding hydrogens is 498 g/mol. The zero-order valence-corrected chi connectivity index (χ0v) is 23.4. The molecule has 39 heavy (non-hydrogen) atoms. The molecule has 1 aliphatic rings. The van der Waals surface area contributed by atoms with E-state index in [0.717, 1.165) is 39.8 Å². The fraction of sp³-hybridized carbons (Fsp3) is 0.433. The van der Waals surface area contributed by atoms with Gasteiger partial charge in [-0.15, -0.1) is 0 Å². The topological polar surface area (TPSA) is 110 Å². The van der Waals surface area contributed by atoms with Gasteiger partial charge in [0.25, 0.3) is 0 Å². The molecule has 1 fully saturated rings. The fourth-order valence-corrected chi connectivity index (χ4v) is 5.39. The maximum absolute atomic E-state index is 13.0. The van der Waals surface area contributed by atoms with Gasteiger partial charge in [-0.2, -0.15) is 0 Å². The molecule has 2 unspecified atom stereocenters. The highest BCUT2D eigenvalue weighted by molar-refractivity contribution is 5.95. The second-order valence-corrected chi connectivity index (χ2v) is 11.1. The third-order valence-electron chi connectivity index (χ3n) is 7.06. The second-order valence-electron chi connectivity index (χ2n) is 11.1. The minimum atomic E-state index is -0.973. The van der Waals surface area contributed by atoms with E-state index in [1.165, 1.54) is 6.92 Å². The Labute approximate surface area is 228 Å². The minimum Gasteiger partial charge on any atom is -0.496 e. The molecule has 9 heteroatoms. The van der Waals surface area contributed by atoms with Crippen LogP contribution in [0.2, 0.25) is 0 Å². The van der Waals surface area contributed by atoms with E-state index in [4.69, 9.17) is 9.47 Å². The summed E-state index contributed by atoms with van der Waals surface area (Å²) in [5.74, 6) is -0.316. The van der Waals surface area contributed by atoms with Crippen LogP contribution in [-0.4, -0.2) is 57.8 Å². The molecule has 4 rings (SSSR count). The maximum atomic E-state index is 13.0. The number of likely N-dealkylation sites (tertiary alicyclic amines) is 1. The summed E-state index contributed by atoms with van der Waals surface area (Å²) in [6, 6.07) is 10.7. The van der Waals surface area contributed by atoms with E-state index in [9.17, 15) is 19.5 Å². The zero-order chi connectivity index (χ0) is 28.5. The van der Waals surface area contributed by atoms with Crippen LogP contribution in [0.1, 0.15) is 73.6 Å². The Kier molecular flexibility index (Phi) is 8.02. The lowest BCUT2D eigenvalue weighted by Gasteiger charge is -2.40. The summed E-state index contributed by atoms with van der Waals surface area (Å²) in [5, 5.41) is 13.3. The molecule has 2 N–H and O–H groups in total. The van der Waals surface area contributed by atoms with Crippen LogP contribution in [0.15, 0.2) is 42.6 Å². The Bertz CT molecular complexity index is 1390. The van der Waals surface area contributed by atoms with Crippen LogP contribution in [0.25, 0.3) is 10.9 Å². The van der Waals surface area contributed by atoms with Crippen molar-refractivity contribution in [2.24, 2.45) is 0 Å². The number of hydrogen-bond donors (Lipinski definition) is 2. The van der Waals surface area contributed by atoms with Gasteiger partial charge in [0, 0.05) is 49.2 Å². The van der Waals surface area contributed by atoms with Gasteiger partial charge >= 0.3 is 12.1 Å². The first kappa shape index (κ1) is 28.2. The van der Waals surface area contributed by atoms with E-state index < -0.39 is 17.7 Å². The van der Waals surface area contributed by atoms with E-state index >= 15 is 0 Å². The molecule has 2 aromatic carbocycles. The summed E-state index contributed by atoms with van der Waals surface area (Å²) in [5.41, 5.74) is 3.19. The summed E-state index contributed by atoms with van der Waals surface area (Å²) in [6.45, 7) is 10.2. The summed E-state index contributed by atoms with van der Waals surface area (Å²) in [4.78, 5) is 38.5. The Morgan fingerprint density at radius 1 is 1.13 bits per heavy atom. The van der Waals surface area contributed by atoms with E-state index in [-0.39, 0.29) is 23.6 Å². The van der Waals surface area contributed by atoms with Gasteiger partial charge in [0.05, 0.1) is 18.2 Å². The Morgan fingerprint density at radius 2 is 1.82 bits per heavy atom. The number of carboxylic acids is 1. The van der Waals surface area contributed by atoms with Gasteiger partial charge in [-0.05, 0) is 75.9 Å². The number of aryl methyl sites for hydroxylation is 1. The van der Waals surface area contributed by atoms with Gasteiger partial charge in [0.15, 0.2) is 0 Å². The van der Waals surface area contributed by atoms with Crippen molar-refractivity contribution in [2.45, 2.75) is 71.7 Å². The van der Waals surface area contributed by atoms with Crippen molar-refractivity contribution in [3.05, 3.63) is 64.8 Å². The van der Waals surface area contributed by atoms with Crippen LogP contribution in [-0.2, 0) is 16.1 Å². The average Bonchev–Trinajstić information content (AvgIpc) is 3.31. The van der Waals surface area contributed by atoms with E-state index in [2.05, 4.69) is 10.2 Å². The molecule has 9 nitrogen and oxygen atoms in total. The number of carboxylic acid groups (broad SMARTS) is 1. The van der Waals surface area contributed by atoms with Gasteiger partial charge in [-0.1, -0.05) is 12.1 Å². The number of hydrogen-bond acceptors (Lipinski definition) is 6. The smallest absolute Gasteiger partial charge is 0.419 e. The third kappa shape index (κ3) is 6.25. The van der Waals surface area contributed by atoms with Crippen LogP contribution in [0.3, 0.4) is 0 Å². The molecule has 0 spiro atoms. The van der Waals surface area contributed by atoms with Crippen molar-refractivity contribution in [3.8, 4) is 5.75 Å². The summed E-state index contributed by atoms with van der Waals surface area (Å²) < 4.78 is 13.0. The Balaban J connectivity index is 1.74. The summed E-state index contributed by atoms with van der Waals surface area (Å²) in [6.07, 6.45) is 2.76. The van der Waals surface area contributed by atoms with Crippen LogP contribution < -0.4 is 10.1 Å².